The molecule has 3 aromatic rings. The van der Waals surface area contributed by atoms with Crippen LogP contribution in [0.1, 0.15) is 63.8 Å². The van der Waals surface area contributed by atoms with Crippen molar-refractivity contribution in [2.24, 2.45) is 0 Å². The van der Waals surface area contributed by atoms with Gasteiger partial charge in [0.05, 0.1) is 20.1 Å². The Labute approximate surface area is 258 Å². The minimum atomic E-state index is -1.06. The van der Waals surface area contributed by atoms with Gasteiger partial charge >= 0.3 is 12.1 Å². The summed E-state index contributed by atoms with van der Waals surface area (Å²) < 4.78 is 17.5. The number of nitrogens with zero attached hydrogens (tertiary/aromatic N) is 1. The molecule has 1 heterocycles. The minimum absolute atomic E-state index is 0.105. The maximum Gasteiger partial charge on any atom is 0.408 e. The summed E-state index contributed by atoms with van der Waals surface area (Å²) in [6.07, 6.45) is 1.13. The van der Waals surface area contributed by atoms with Crippen LogP contribution >= 0.6 is 0 Å². The van der Waals surface area contributed by atoms with Gasteiger partial charge in [-0.2, -0.15) is 0 Å². The van der Waals surface area contributed by atoms with Crippen molar-refractivity contribution in [1.82, 2.24) is 9.88 Å². The molecule has 2 N–H and O–H groups in total. The van der Waals surface area contributed by atoms with Gasteiger partial charge in [-0.25, -0.2) is 4.79 Å². The molecule has 1 aromatic heterocycles. The lowest BCUT2D eigenvalue weighted by Crippen LogP contribution is -2.47. The van der Waals surface area contributed by atoms with Crippen LogP contribution in [0.3, 0.4) is 0 Å². The Morgan fingerprint density at radius 3 is 1.95 bits per heavy atom. The average Bonchev–Trinajstić information content (AvgIpc) is 2.91. The zero-order valence-electron chi connectivity index (χ0n) is 26.8. The third-order valence-corrected chi connectivity index (χ3v) is 6.37. The first-order valence-corrected chi connectivity index (χ1v) is 14.5. The van der Waals surface area contributed by atoms with Gasteiger partial charge in [0.1, 0.15) is 28.7 Å². The van der Waals surface area contributed by atoms with Crippen molar-refractivity contribution in [2.75, 3.05) is 12.4 Å². The van der Waals surface area contributed by atoms with Gasteiger partial charge in [0, 0.05) is 12.6 Å². The largest absolute Gasteiger partial charge is 0.497 e. The smallest absolute Gasteiger partial charge is 0.408 e. The van der Waals surface area contributed by atoms with Crippen LogP contribution in [0.4, 0.5) is 10.5 Å². The molecular weight excluding hydrogens is 562 g/mol. The molecule has 0 aliphatic carbocycles. The van der Waals surface area contributed by atoms with Crippen LogP contribution in [0.15, 0.2) is 65.6 Å². The van der Waals surface area contributed by atoms with Gasteiger partial charge in [0.2, 0.25) is 5.91 Å². The van der Waals surface area contributed by atoms with E-state index in [1.165, 1.54) is 4.57 Å². The Morgan fingerprint density at radius 1 is 0.818 bits per heavy atom. The third kappa shape index (κ3) is 10.6. The fourth-order valence-electron chi connectivity index (χ4n) is 4.31. The molecule has 0 saturated carbocycles. The summed E-state index contributed by atoms with van der Waals surface area (Å²) in [5, 5.41) is 5.40. The Kier molecular flexibility index (Phi) is 11.0. The molecule has 0 unspecified atom stereocenters. The third-order valence-electron chi connectivity index (χ3n) is 6.37. The van der Waals surface area contributed by atoms with E-state index in [1.54, 1.807) is 71.3 Å². The molecular formula is C34H43N3O7. The zero-order valence-corrected chi connectivity index (χ0v) is 26.8. The monoisotopic (exact) mass is 605 g/mol. The van der Waals surface area contributed by atoms with Crippen molar-refractivity contribution >= 4 is 23.7 Å². The lowest BCUT2D eigenvalue weighted by Gasteiger charge is -2.24. The first-order valence-electron chi connectivity index (χ1n) is 14.5. The molecule has 0 fully saturated rings. The SMILES string of the molecule is COc1ccc(Cn2ccc(C)c(NC(=O)[C@H](Cc3ccc(CC(=O)OC(C)(C)C)cc3)NC(=O)OC(C)(C)C)c2=O)cc1. The van der Waals surface area contributed by atoms with Crippen LogP contribution in [0, 0.1) is 6.92 Å². The van der Waals surface area contributed by atoms with Gasteiger partial charge in [0.25, 0.3) is 5.56 Å². The molecule has 1 atom stereocenters. The quantitative estimate of drug-likeness (QED) is 0.306. The number of aryl methyl sites for hydroxylation is 1. The number of aromatic nitrogens is 1. The summed E-state index contributed by atoms with van der Waals surface area (Å²) in [4.78, 5) is 52.0. The van der Waals surface area contributed by atoms with Gasteiger partial charge in [0.15, 0.2) is 0 Å². The van der Waals surface area contributed by atoms with Gasteiger partial charge in [-0.15, -0.1) is 0 Å². The Balaban J connectivity index is 1.81. The van der Waals surface area contributed by atoms with E-state index >= 15 is 0 Å². The van der Waals surface area contributed by atoms with Crippen LogP contribution in [0.25, 0.3) is 0 Å². The number of alkyl carbamates (subject to hydrolysis) is 1. The van der Waals surface area contributed by atoms with E-state index in [1.807, 2.05) is 45.0 Å². The first-order chi connectivity index (χ1) is 20.5. The van der Waals surface area contributed by atoms with Crippen LogP contribution < -0.4 is 20.9 Å². The molecule has 10 heteroatoms. The number of nitrogens with one attached hydrogen (secondary N) is 2. The second-order valence-corrected chi connectivity index (χ2v) is 12.6. The Hall–Kier alpha value is -4.60. The van der Waals surface area contributed by atoms with Crippen molar-refractivity contribution < 1.29 is 28.6 Å². The number of carbonyl (C=O) groups excluding carboxylic acids is 3. The number of hydrogen-bond acceptors (Lipinski definition) is 7. The highest BCUT2D eigenvalue weighted by Gasteiger charge is 2.26. The van der Waals surface area contributed by atoms with Crippen molar-refractivity contribution in [3.8, 4) is 5.75 Å². The number of amides is 2. The molecule has 236 valence electrons. The normalized spacial score (nSPS) is 12.2. The predicted octanol–water partition coefficient (Wildman–Crippen LogP) is 5.17. The molecule has 2 amide bonds. The van der Waals surface area contributed by atoms with E-state index in [4.69, 9.17) is 14.2 Å². The molecule has 0 bridgehead atoms. The van der Waals surface area contributed by atoms with Crippen molar-refractivity contribution in [2.45, 2.75) is 85.1 Å². The molecule has 3 rings (SSSR count). The fourth-order valence-corrected chi connectivity index (χ4v) is 4.31. The van der Waals surface area contributed by atoms with E-state index in [2.05, 4.69) is 10.6 Å². The number of pyridine rings is 1. The van der Waals surface area contributed by atoms with E-state index < -0.39 is 29.2 Å². The number of rotatable bonds is 10. The van der Waals surface area contributed by atoms with Crippen LogP contribution in [-0.2, 0) is 38.4 Å². The lowest BCUT2D eigenvalue weighted by molar-refractivity contribution is -0.153. The van der Waals surface area contributed by atoms with Crippen LogP contribution in [0.5, 0.6) is 5.75 Å². The van der Waals surface area contributed by atoms with Crippen LogP contribution in [0.2, 0.25) is 0 Å². The second kappa shape index (κ2) is 14.2. The highest BCUT2D eigenvalue weighted by Crippen LogP contribution is 2.16. The van der Waals surface area contributed by atoms with Gasteiger partial charge in [-0.1, -0.05) is 36.4 Å². The van der Waals surface area contributed by atoms with Gasteiger partial charge in [-0.05, 0) is 88.9 Å². The first kappa shape index (κ1) is 33.9. The number of methoxy groups -OCH3 is 1. The average molecular weight is 606 g/mol. The molecule has 44 heavy (non-hydrogen) atoms. The summed E-state index contributed by atoms with van der Waals surface area (Å²) in [5.74, 6) is -0.208. The van der Waals surface area contributed by atoms with Crippen LogP contribution in [-0.4, -0.2) is 46.9 Å². The molecule has 0 saturated heterocycles. The number of carbonyl (C=O) groups is 3. The molecule has 0 aliphatic rings. The number of esters is 1. The van der Waals surface area contributed by atoms with Crippen molar-refractivity contribution in [3.05, 3.63) is 93.4 Å². The lowest BCUT2D eigenvalue weighted by atomic mass is 10.0. The minimum Gasteiger partial charge on any atom is -0.497 e. The summed E-state index contributed by atoms with van der Waals surface area (Å²) in [6, 6.07) is 15.2. The Morgan fingerprint density at radius 2 is 1.39 bits per heavy atom. The molecule has 2 aromatic carbocycles. The maximum absolute atomic E-state index is 13.6. The van der Waals surface area contributed by atoms with E-state index in [0.29, 0.717) is 17.9 Å². The van der Waals surface area contributed by atoms with E-state index in [9.17, 15) is 19.2 Å². The zero-order chi connectivity index (χ0) is 32.7. The molecule has 0 aliphatic heterocycles. The number of hydrogen-bond donors (Lipinski definition) is 2. The highest BCUT2D eigenvalue weighted by atomic mass is 16.6. The summed E-state index contributed by atoms with van der Waals surface area (Å²) in [7, 11) is 1.58. The summed E-state index contributed by atoms with van der Waals surface area (Å²) >= 11 is 0. The van der Waals surface area contributed by atoms with E-state index in [0.717, 1.165) is 16.7 Å². The highest BCUT2D eigenvalue weighted by molar-refractivity contribution is 5.97. The topological polar surface area (TPSA) is 125 Å². The second-order valence-electron chi connectivity index (χ2n) is 12.6. The van der Waals surface area contributed by atoms with Crippen molar-refractivity contribution in [1.29, 1.82) is 0 Å². The molecule has 0 radical (unpaired) electrons. The maximum atomic E-state index is 13.6. The summed E-state index contributed by atoms with van der Waals surface area (Å²) in [5.41, 5.74) is 1.33. The van der Waals surface area contributed by atoms with Crippen molar-refractivity contribution in [3.63, 3.8) is 0 Å². The fraction of sp³-hybridized carbons (Fsp3) is 0.412. The van der Waals surface area contributed by atoms with E-state index in [-0.39, 0.29) is 30.1 Å². The van der Waals surface area contributed by atoms with Gasteiger partial charge in [-0.3, -0.25) is 14.4 Å². The number of benzene rings is 2. The molecule has 0 spiro atoms. The summed E-state index contributed by atoms with van der Waals surface area (Å²) in [6.45, 7) is 12.6. The number of anilines is 1. The Bertz CT molecular complexity index is 1510. The number of ether oxygens (including phenoxy) is 3. The molecule has 10 nitrogen and oxygen atoms in total. The predicted molar refractivity (Wildman–Crippen MR) is 169 cm³/mol. The standard InChI is InChI=1S/C34H43N3O7/c1-22-17-18-37(21-25-13-15-26(42-8)16-14-25)31(40)29(22)36-30(39)27(35-32(41)44-34(5,6)7)19-23-9-11-24(12-10-23)20-28(38)43-33(2,3)4/h9-18,27H,19-21H2,1-8H3,(H,35,41)(H,36,39)/t27-/m0/s1. The van der Waals surface area contributed by atoms with Gasteiger partial charge < -0.3 is 29.4 Å².